The molecule has 0 spiro atoms. The predicted octanol–water partition coefficient (Wildman–Crippen LogP) is 0.959. The highest BCUT2D eigenvalue weighted by atomic mass is 16.3. The number of aliphatic hydroxyl groups is 1. The smallest absolute Gasteiger partial charge is 0.0854 e. The molecule has 0 aliphatic rings. The summed E-state index contributed by atoms with van der Waals surface area (Å²) in [5.74, 6) is 0. The molecule has 1 aromatic rings. The van der Waals surface area contributed by atoms with Gasteiger partial charge in [0, 0.05) is 6.54 Å². The molecule has 0 saturated heterocycles. The topological polar surface area (TPSA) is 72.3 Å². The summed E-state index contributed by atoms with van der Waals surface area (Å²) >= 11 is 0. The Morgan fingerprint density at radius 3 is 2.60 bits per heavy atom. The number of benzene rings is 1. The van der Waals surface area contributed by atoms with Crippen molar-refractivity contribution in [3.05, 3.63) is 35.4 Å². The molecule has 0 saturated carbocycles. The molecule has 0 heterocycles. The zero-order chi connectivity index (χ0) is 11.3. The highest BCUT2D eigenvalue weighted by Crippen LogP contribution is 2.19. The van der Waals surface area contributed by atoms with Crippen molar-refractivity contribution in [1.82, 2.24) is 0 Å². The zero-order valence-electron chi connectivity index (χ0n) is 9.19. The molecule has 0 radical (unpaired) electrons. The molecule has 3 nitrogen and oxygen atoms in total. The summed E-state index contributed by atoms with van der Waals surface area (Å²) in [7, 11) is 0. The number of aryl methyl sites for hydroxylation is 1. The molecule has 0 amide bonds. The Kier molecular flexibility index (Phi) is 4.75. The number of rotatable bonds is 5. The van der Waals surface area contributed by atoms with E-state index < -0.39 is 6.10 Å². The van der Waals surface area contributed by atoms with Crippen LogP contribution in [0.2, 0.25) is 0 Å². The van der Waals surface area contributed by atoms with Crippen molar-refractivity contribution < 1.29 is 5.11 Å². The van der Waals surface area contributed by atoms with Crippen molar-refractivity contribution in [3.8, 4) is 0 Å². The van der Waals surface area contributed by atoms with Crippen LogP contribution in [-0.2, 0) is 6.42 Å². The van der Waals surface area contributed by atoms with Crippen molar-refractivity contribution in [3.63, 3.8) is 0 Å². The Labute approximate surface area is 91.1 Å². The number of hydrogen-bond acceptors (Lipinski definition) is 3. The molecule has 84 valence electrons. The molecule has 0 fully saturated rings. The molecule has 0 aliphatic carbocycles. The van der Waals surface area contributed by atoms with Gasteiger partial charge in [-0.1, -0.05) is 37.6 Å². The van der Waals surface area contributed by atoms with Gasteiger partial charge in [0.15, 0.2) is 0 Å². The van der Waals surface area contributed by atoms with Gasteiger partial charge in [-0.25, -0.2) is 0 Å². The van der Waals surface area contributed by atoms with Crippen LogP contribution in [0.3, 0.4) is 0 Å². The van der Waals surface area contributed by atoms with E-state index in [9.17, 15) is 5.11 Å². The van der Waals surface area contributed by atoms with Gasteiger partial charge in [-0.05, 0) is 17.5 Å². The molecule has 0 aromatic heterocycles. The van der Waals surface area contributed by atoms with E-state index in [2.05, 4.69) is 13.0 Å². The van der Waals surface area contributed by atoms with Crippen LogP contribution in [0.4, 0.5) is 0 Å². The van der Waals surface area contributed by atoms with Crippen molar-refractivity contribution in [2.24, 2.45) is 11.5 Å². The summed E-state index contributed by atoms with van der Waals surface area (Å²) in [6.07, 6.45) is 1.40. The molecule has 15 heavy (non-hydrogen) atoms. The van der Waals surface area contributed by atoms with Gasteiger partial charge in [-0.2, -0.15) is 0 Å². The van der Waals surface area contributed by atoms with E-state index in [0.717, 1.165) is 18.4 Å². The van der Waals surface area contributed by atoms with Crippen LogP contribution >= 0.6 is 0 Å². The Hall–Kier alpha value is -0.900. The van der Waals surface area contributed by atoms with Crippen LogP contribution < -0.4 is 11.5 Å². The molecule has 1 rings (SSSR count). The van der Waals surface area contributed by atoms with E-state index in [-0.39, 0.29) is 12.6 Å². The predicted molar refractivity (Wildman–Crippen MR) is 62.4 cm³/mol. The van der Waals surface area contributed by atoms with E-state index in [1.165, 1.54) is 5.56 Å². The van der Waals surface area contributed by atoms with Gasteiger partial charge >= 0.3 is 0 Å². The van der Waals surface area contributed by atoms with Crippen LogP contribution in [0.1, 0.15) is 30.5 Å². The van der Waals surface area contributed by atoms with E-state index in [4.69, 9.17) is 11.5 Å². The fraction of sp³-hybridized carbons (Fsp3) is 0.500. The second-order valence-corrected chi connectivity index (χ2v) is 3.78. The van der Waals surface area contributed by atoms with Crippen LogP contribution in [0.5, 0.6) is 0 Å². The van der Waals surface area contributed by atoms with Crippen LogP contribution in [0, 0.1) is 0 Å². The fourth-order valence-electron chi connectivity index (χ4n) is 1.71. The Morgan fingerprint density at radius 1 is 1.33 bits per heavy atom. The van der Waals surface area contributed by atoms with Gasteiger partial charge in [-0.3, -0.25) is 0 Å². The third-order valence-electron chi connectivity index (χ3n) is 2.59. The van der Waals surface area contributed by atoms with Crippen molar-refractivity contribution in [2.45, 2.75) is 31.9 Å². The minimum atomic E-state index is -0.664. The first-order valence-corrected chi connectivity index (χ1v) is 5.42. The molecule has 2 atom stereocenters. The number of aliphatic hydroxyl groups excluding tert-OH is 1. The molecule has 1 aromatic carbocycles. The minimum Gasteiger partial charge on any atom is -0.390 e. The lowest BCUT2D eigenvalue weighted by atomic mass is 9.94. The first-order valence-electron chi connectivity index (χ1n) is 5.42. The van der Waals surface area contributed by atoms with Crippen LogP contribution in [-0.4, -0.2) is 17.8 Å². The summed E-state index contributed by atoms with van der Waals surface area (Å²) < 4.78 is 0. The average molecular weight is 208 g/mol. The van der Waals surface area contributed by atoms with Crippen LogP contribution in [0.15, 0.2) is 24.3 Å². The van der Waals surface area contributed by atoms with E-state index in [1.807, 2.05) is 18.2 Å². The summed E-state index contributed by atoms with van der Waals surface area (Å²) in [6, 6.07) is 7.59. The van der Waals surface area contributed by atoms with Gasteiger partial charge in [0.25, 0.3) is 0 Å². The van der Waals surface area contributed by atoms with Gasteiger partial charge in [0.05, 0.1) is 12.1 Å². The van der Waals surface area contributed by atoms with E-state index in [1.54, 1.807) is 0 Å². The maximum absolute atomic E-state index is 9.62. The third kappa shape index (κ3) is 3.02. The highest BCUT2D eigenvalue weighted by molar-refractivity contribution is 5.30. The first kappa shape index (κ1) is 12.2. The normalized spacial score (nSPS) is 14.9. The molecule has 2 unspecified atom stereocenters. The lowest BCUT2D eigenvalue weighted by molar-refractivity contribution is 0.152. The number of nitrogens with two attached hydrogens (primary N) is 2. The van der Waals surface area contributed by atoms with Gasteiger partial charge in [-0.15, -0.1) is 0 Å². The summed E-state index contributed by atoms with van der Waals surface area (Å²) in [5, 5.41) is 9.62. The van der Waals surface area contributed by atoms with Crippen molar-refractivity contribution >= 4 is 0 Å². The maximum Gasteiger partial charge on any atom is 0.0854 e. The van der Waals surface area contributed by atoms with Crippen molar-refractivity contribution in [1.29, 1.82) is 0 Å². The fourth-order valence-corrected chi connectivity index (χ4v) is 1.71. The quantitative estimate of drug-likeness (QED) is 0.675. The zero-order valence-corrected chi connectivity index (χ0v) is 9.19. The van der Waals surface area contributed by atoms with E-state index in [0.29, 0.717) is 0 Å². The summed E-state index contributed by atoms with van der Waals surface area (Å²) in [5.41, 5.74) is 13.6. The van der Waals surface area contributed by atoms with Crippen LogP contribution in [0.25, 0.3) is 0 Å². The standard InChI is InChI=1S/C12H20N2O/c1-2-5-9-6-3-4-7-10(9)12(14)11(15)8-13/h3-4,6-7,11-12,15H,2,5,8,13-14H2,1H3. The first-order chi connectivity index (χ1) is 7.20. The molecule has 0 aliphatic heterocycles. The van der Waals surface area contributed by atoms with Gasteiger partial charge in [0.1, 0.15) is 0 Å². The molecule has 3 heteroatoms. The van der Waals surface area contributed by atoms with Gasteiger partial charge < -0.3 is 16.6 Å². The number of hydrogen-bond donors (Lipinski definition) is 3. The monoisotopic (exact) mass is 208 g/mol. The Balaban J connectivity index is 2.91. The average Bonchev–Trinajstić information content (AvgIpc) is 2.28. The van der Waals surface area contributed by atoms with E-state index >= 15 is 0 Å². The second-order valence-electron chi connectivity index (χ2n) is 3.78. The molecular weight excluding hydrogens is 188 g/mol. The lowest BCUT2D eigenvalue weighted by Gasteiger charge is -2.20. The largest absolute Gasteiger partial charge is 0.390 e. The maximum atomic E-state index is 9.62. The lowest BCUT2D eigenvalue weighted by Crippen LogP contribution is -2.33. The minimum absolute atomic E-state index is 0.196. The SMILES string of the molecule is CCCc1ccccc1C(N)C(O)CN. The summed E-state index contributed by atoms with van der Waals surface area (Å²) in [6.45, 7) is 2.32. The van der Waals surface area contributed by atoms with Gasteiger partial charge in [0.2, 0.25) is 0 Å². The Bertz CT molecular complexity index is 301. The molecule has 5 N–H and O–H groups in total. The summed E-state index contributed by atoms with van der Waals surface area (Å²) in [4.78, 5) is 0. The highest BCUT2D eigenvalue weighted by Gasteiger charge is 2.17. The van der Waals surface area contributed by atoms with Crippen molar-refractivity contribution in [2.75, 3.05) is 6.54 Å². The molecular formula is C12H20N2O. The Morgan fingerprint density at radius 2 is 2.00 bits per heavy atom. The molecule has 0 bridgehead atoms. The second kappa shape index (κ2) is 5.85. The third-order valence-corrected chi connectivity index (χ3v) is 2.59.